The highest BCUT2D eigenvalue weighted by Crippen LogP contribution is 2.31. The summed E-state index contributed by atoms with van der Waals surface area (Å²) >= 11 is 0. The SMILES string of the molecule is Cc1cc(-c2ncccc2C2=C/Cc3cc(ncc3C(=O)NCCCN3CCCCCC3)/C=C\2)ccc1F. The lowest BCUT2D eigenvalue weighted by Gasteiger charge is -2.19. The third-order valence-electron chi connectivity index (χ3n) is 7.42. The number of nitrogens with zero attached hydrogens (tertiary/aromatic N) is 3. The highest BCUT2D eigenvalue weighted by atomic mass is 19.1. The molecule has 3 heterocycles. The van der Waals surface area contributed by atoms with Crippen LogP contribution in [0.3, 0.4) is 0 Å². The molecule has 1 aliphatic carbocycles. The van der Waals surface area contributed by atoms with Gasteiger partial charge in [-0.05, 0) is 105 Å². The second-order valence-corrected chi connectivity index (χ2v) is 10.2. The van der Waals surface area contributed by atoms with Gasteiger partial charge >= 0.3 is 0 Å². The Hall–Kier alpha value is -3.64. The molecule has 6 heteroatoms. The molecule has 1 amide bonds. The van der Waals surface area contributed by atoms with E-state index in [2.05, 4.69) is 26.3 Å². The Morgan fingerprint density at radius 1 is 1.05 bits per heavy atom. The van der Waals surface area contributed by atoms with Gasteiger partial charge in [-0.15, -0.1) is 0 Å². The summed E-state index contributed by atoms with van der Waals surface area (Å²) in [6.45, 7) is 5.79. The molecule has 1 saturated heterocycles. The standard InChI is InChI=1S/C32H35FN4O/c1-23-20-26(12-14-30(23)33)31-28(8-6-15-34-31)24-9-10-25-21-27(13-11-24)36-22-29(25)32(38)35-16-7-19-37-17-4-2-3-5-18-37/h6,8-9,11-15,20-22H,2-5,7,10,16-19H2,1H3,(H,35,38)/b13-11-,24-9+. The monoisotopic (exact) mass is 510 g/mol. The number of carbonyl (C=O) groups excluding carboxylic acids is 1. The molecule has 0 spiro atoms. The van der Waals surface area contributed by atoms with E-state index in [4.69, 9.17) is 0 Å². The third kappa shape index (κ3) is 6.25. The van der Waals surface area contributed by atoms with Gasteiger partial charge in [0.15, 0.2) is 0 Å². The molecule has 0 radical (unpaired) electrons. The van der Waals surface area contributed by atoms with E-state index in [9.17, 15) is 9.18 Å². The Kier molecular flexibility index (Phi) is 8.39. The van der Waals surface area contributed by atoms with E-state index in [0.717, 1.165) is 46.6 Å². The van der Waals surface area contributed by atoms with Gasteiger partial charge in [0.25, 0.3) is 5.91 Å². The molecule has 1 N–H and O–H groups in total. The summed E-state index contributed by atoms with van der Waals surface area (Å²) in [6, 6.07) is 11.0. The van der Waals surface area contributed by atoms with Crippen molar-refractivity contribution in [3.8, 4) is 11.3 Å². The molecule has 5 rings (SSSR count). The molecule has 5 nitrogen and oxygen atoms in total. The maximum atomic E-state index is 13.9. The van der Waals surface area contributed by atoms with Crippen LogP contribution >= 0.6 is 0 Å². The fraction of sp³-hybridized carbons (Fsp3) is 0.344. The van der Waals surface area contributed by atoms with Crippen LogP contribution in [0, 0.1) is 12.7 Å². The van der Waals surface area contributed by atoms with Crippen molar-refractivity contribution in [3.05, 3.63) is 94.7 Å². The minimum atomic E-state index is -0.228. The average Bonchev–Trinajstić information content (AvgIpc) is 3.21. The number of pyridine rings is 2. The van der Waals surface area contributed by atoms with Crippen LogP contribution in [-0.2, 0) is 6.42 Å². The molecule has 1 aliphatic heterocycles. The molecular formula is C32H35FN4O. The number of aromatic nitrogens is 2. The zero-order valence-corrected chi connectivity index (χ0v) is 22.0. The van der Waals surface area contributed by atoms with Crippen molar-refractivity contribution in [2.45, 2.75) is 45.4 Å². The topological polar surface area (TPSA) is 58.1 Å². The molecule has 0 atom stereocenters. The number of hydrogen-bond donors (Lipinski definition) is 1. The molecule has 0 unspecified atom stereocenters. The van der Waals surface area contributed by atoms with Gasteiger partial charge in [-0.25, -0.2) is 4.39 Å². The summed E-state index contributed by atoms with van der Waals surface area (Å²) in [5, 5.41) is 3.11. The Labute approximate surface area is 224 Å². The zero-order valence-electron chi connectivity index (χ0n) is 22.0. The van der Waals surface area contributed by atoms with E-state index in [0.29, 0.717) is 24.1 Å². The van der Waals surface area contributed by atoms with E-state index >= 15 is 0 Å². The van der Waals surface area contributed by atoms with Crippen LogP contribution < -0.4 is 5.32 Å². The molecule has 3 aromatic rings. The molecule has 38 heavy (non-hydrogen) atoms. The molecule has 0 saturated carbocycles. The normalized spacial score (nSPS) is 18.0. The number of rotatable bonds is 7. The van der Waals surface area contributed by atoms with Crippen molar-refractivity contribution in [1.29, 1.82) is 0 Å². The van der Waals surface area contributed by atoms with E-state index in [1.54, 1.807) is 25.4 Å². The molecule has 1 aromatic carbocycles. The summed E-state index contributed by atoms with van der Waals surface area (Å²) in [4.78, 5) is 24.7. The minimum absolute atomic E-state index is 0.0710. The average molecular weight is 511 g/mol. The van der Waals surface area contributed by atoms with Gasteiger partial charge in [-0.1, -0.05) is 31.1 Å². The van der Waals surface area contributed by atoms with Crippen LogP contribution in [-0.4, -0.2) is 47.0 Å². The van der Waals surface area contributed by atoms with Crippen LogP contribution in [0.1, 0.15) is 64.8 Å². The van der Waals surface area contributed by atoms with Crippen molar-refractivity contribution < 1.29 is 9.18 Å². The predicted molar refractivity (Wildman–Crippen MR) is 151 cm³/mol. The van der Waals surface area contributed by atoms with Gasteiger partial charge in [-0.2, -0.15) is 0 Å². The quantitative estimate of drug-likeness (QED) is 0.382. The van der Waals surface area contributed by atoms with Crippen molar-refractivity contribution in [1.82, 2.24) is 20.2 Å². The first-order valence-electron chi connectivity index (χ1n) is 13.7. The predicted octanol–water partition coefficient (Wildman–Crippen LogP) is 6.24. The van der Waals surface area contributed by atoms with Crippen molar-refractivity contribution in [2.24, 2.45) is 0 Å². The number of hydrogen-bond acceptors (Lipinski definition) is 4. The highest BCUT2D eigenvalue weighted by molar-refractivity contribution is 5.96. The Bertz CT molecular complexity index is 1360. The lowest BCUT2D eigenvalue weighted by Crippen LogP contribution is -2.31. The van der Waals surface area contributed by atoms with Crippen molar-refractivity contribution >= 4 is 17.6 Å². The summed E-state index contributed by atoms with van der Waals surface area (Å²) < 4.78 is 13.9. The number of amides is 1. The molecular weight excluding hydrogens is 475 g/mol. The van der Waals surface area contributed by atoms with E-state index in [1.165, 1.54) is 44.8 Å². The molecule has 2 bridgehead atoms. The summed E-state index contributed by atoms with van der Waals surface area (Å²) in [6.07, 6.45) is 16.3. The summed E-state index contributed by atoms with van der Waals surface area (Å²) in [5.41, 5.74) is 6.58. The Balaban J connectivity index is 1.30. The highest BCUT2D eigenvalue weighted by Gasteiger charge is 2.16. The Morgan fingerprint density at radius 3 is 2.71 bits per heavy atom. The van der Waals surface area contributed by atoms with Crippen LogP contribution in [0.2, 0.25) is 0 Å². The van der Waals surface area contributed by atoms with E-state index < -0.39 is 0 Å². The van der Waals surface area contributed by atoms with Crippen LogP contribution in [0.4, 0.5) is 4.39 Å². The number of carbonyl (C=O) groups is 1. The number of aryl methyl sites for hydroxylation is 1. The van der Waals surface area contributed by atoms with Crippen molar-refractivity contribution in [2.75, 3.05) is 26.2 Å². The second kappa shape index (κ2) is 12.3. The number of allylic oxidation sites excluding steroid dienone is 3. The first-order valence-corrected chi connectivity index (χ1v) is 13.7. The summed E-state index contributed by atoms with van der Waals surface area (Å²) in [7, 11) is 0. The van der Waals surface area contributed by atoms with E-state index in [1.807, 2.05) is 36.4 Å². The largest absolute Gasteiger partial charge is 0.352 e. The summed E-state index contributed by atoms with van der Waals surface area (Å²) in [5.74, 6) is -0.299. The Morgan fingerprint density at radius 2 is 1.89 bits per heavy atom. The van der Waals surface area contributed by atoms with Crippen LogP contribution in [0.25, 0.3) is 22.9 Å². The maximum Gasteiger partial charge on any atom is 0.253 e. The lowest BCUT2D eigenvalue weighted by atomic mass is 9.94. The smallest absolute Gasteiger partial charge is 0.253 e. The maximum absolute atomic E-state index is 13.9. The van der Waals surface area contributed by atoms with Gasteiger partial charge in [0, 0.05) is 30.1 Å². The molecule has 2 aliphatic rings. The van der Waals surface area contributed by atoms with Gasteiger partial charge in [0.1, 0.15) is 5.82 Å². The van der Waals surface area contributed by atoms with Crippen LogP contribution in [0.15, 0.2) is 60.9 Å². The number of benzene rings is 1. The number of likely N-dealkylation sites (tertiary alicyclic amines) is 1. The molecule has 1 fully saturated rings. The van der Waals surface area contributed by atoms with Gasteiger partial charge < -0.3 is 10.2 Å². The third-order valence-corrected chi connectivity index (χ3v) is 7.42. The van der Waals surface area contributed by atoms with Gasteiger partial charge in [0.05, 0.1) is 17.0 Å². The second-order valence-electron chi connectivity index (χ2n) is 10.2. The molecule has 196 valence electrons. The fourth-order valence-electron chi connectivity index (χ4n) is 5.26. The van der Waals surface area contributed by atoms with Gasteiger partial charge in [-0.3, -0.25) is 14.8 Å². The number of halogens is 1. The van der Waals surface area contributed by atoms with E-state index in [-0.39, 0.29) is 11.7 Å². The first kappa shape index (κ1) is 26.0. The number of fused-ring (bicyclic) bond motifs is 2. The lowest BCUT2D eigenvalue weighted by molar-refractivity contribution is 0.0950. The minimum Gasteiger partial charge on any atom is -0.352 e. The fourth-order valence-corrected chi connectivity index (χ4v) is 5.26. The molecule has 2 aromatic heterocycles. The zero-order chi connectivity index (χ0) is 26.3. The number of nitrogens with one attached hydrogen (secondary N) is 1. The first-order chi connectivity index (χ1) is 18.6. The van der Waals surface area contributed by atoms with Gasteiger partial charge in [0.2, 0.25) is 0 Å². The van der Waals surface area contributed by atoms with Crippen molar-refractivity contribution in [3.63, 3.8) is 0 Å². The van der Waals surface area contributed by atoms with Crippen LogP contribution in [0.5, 0.6) is 0 Å².